The summed E-state index contributed by atoms with van der Waals surface area (Å²) in [7, 11) is 0. The molecule has 1 N–H and O–H groups in total. The lowest BCUT2D eigenvalue weighted by Gasteiger charge is -2.34. The topological polar surface area (TPSA) is 49.0 Å². The number of nitrogens with zero attached hydrogens (tertiary/aromatic N) is 2. The van der Waals surface area contributed by atoms with Gasteiger partial charge in [-0.25, -0.2) is 0 Å². The number of carbonyl (C=O) groups excluding carboxylic acids is 1. The third-order valence-corrected chi connectivity index (χ3v) is 4.11. The largest absolute Gasteiger partial charge is 0.339 e. The first kappa shape index (κ1) is 13.1. The third-order valence-electron chi connectivity index (χ3n) is 4.11. The van der Waals surface area contributed by atoms with Gasteiger partial charge in [0.2, 0.25) is 0 Å². The third kappa shape index (κ3) is 2.42. The molecule has 1 aliphatic heterocycles. The van der Waals surface area contributed by atoms with Gasteiger partial charge in [0.1, 0.15) is 0 Å². The van der Waals surface area contributed by atoms with Crippen LogP contribution in [0, 0.1) is 25.7 Å². The van der Waals surface area contributed by atoms with Crippen LogP contribution in [-0.2, 0) is 0 Å². The van der Waals surface area contributed by atoms with Crippen LogP contribution in [0.15, 0.2) is 0 Å². The molecular weight excluding hydrogens is 226 g/mol. The van der Waals surface area contributed by atoms with Gasteiger partial charge in [-0.05, 0) is 38.5 Å². The maximum Gasteiger partial charge on any atom is 0.257 e. The number of amides is 1. The summed E-state index contributed by atoms with van der Waals surface area (Å²) in [5.74, 6) is 1.63. The van der Waals surface area contributed by atoms with Crippen molar-refractivity contribution in [3.8, 4) is 0 Å². The number of H-pyrrole nitrogens is 1. The molecule has 4 nitrogen and oxygen atoms in total. The van der Waals surface area contributed by atoms with Crippen LogP contribution in [0.3, 0.4) is 0 Å². The van der Waals surface area contributed by atoms with Crippen LogP contribution in [0.25, 0.3) is 0 Å². The number of carbonyl (C=O) groups is 1. The van der Waals surface area contributed by atoms with Crippen molar-refractivity contribution in [3.05, 3.63) is 17.0 Å². The monoisotopic (exact) mass is 249 g/mol. The molecule has 2 heterocycles. The van der Waals surface area contributed by atoms with Crippen LogP contribution in [-0.4, -0.2) is 34.1 Å². The Morgan fingerprint density at radius 3 is 2.39 bits per heavy atom. The Bertz CT molecular complexity index is 409. The lowest BCUT2D eigenvalue weighted by Crippen LogP contribution is -2.39. The van der Waals surface area contributed by atoms with E-state index >= 15 is 0 Å². The number of aromatic amines is 1. The number of likely N-dealkylation sites (tertiary alicyclic amines) is 1. The van der Waals surface area contributed by atoms with Gasteiger partial charge >= 0.3 is 0 Å². The maximum absolute atomic E-state index is 12.4. The molecule has 0 aliphatic carbocycles. The number of hydrogen-bond donors (Lipinski definition) is 1. The Kier molecular flexibility index (Phi) is 3.73. The second kappa shape index (κ2) is 5.12. The molecule has 100 valence electrons. The number of aryl methyl sites for hydroxylation is 2. The van der Waals surface area contributed by atoms with E-state index in [0.29, 0.717) is 0 Å². The molecule has 2 rings (SSSR count). The molecule has 1 saturated heterocycles. The number of piperidine rings is 1. The van der Waals surface area contributed by atoms with Crippen molar-refractivity contribution in [2.45, 2.75) is 40.5 Å². The van der Waals surface area contributed by atoms with E-state index in [1.54, 1.807) is 0 Å². The van der Waals surface area contributed by atoms with E-state index in [9.17, 15) is 4.79 Å². The second-order valence-corrected chi connectivity index (χ2v) is 5.68. The van der Waals surface area contributed by atoms with Gasteiger partial charge in [0.15, 0.2) is 0 Å². The molecule has 1 fully saturated rings. The van der Waals surface area contributed by atoms with Crippen molar-refractivity contribution in [1.82, 2.24) is 15.1 Å². The van der Waals surface area contributed by atoms with Crippen molar-refractivity contribution in [3.63, 3.8) is 0 Å². The quantitative estimate of drug-likeness (QED) is 0.875. The van der Waals surface area contributed by atoms with Crippen molar-refractivity contribution in [1.29, 1.82) is 0 Å². The lowest BCUT2D eigenvalue weighted by molar-refractivity contribution is 0.0666. The minimum Gasteiger partial charge on any atom is -0.339 e. The molecule has 0 bridgehead atoms. The first-order valence-electron chi connectivity index (χ1n) is 6.81. The van der Waals surface area contributed by atoms with E-state index in [4.69, 9.17) is 0 Å². The Balaban J connectivity index is 2.04. The van der Waals surface area contributed by atoms with E-state index in [2.05, 4.69) is 24.0 Å². The molecule has 0 saturated carbocycles. The van der Waals surface area contributed by atoms with Gasteiger partial charge in [-0.3, -0.25) is 9.89 Å². The summed E-state index contributed by atoms with van der Waals surface area (Å²) in [4.78, 5) is 14.4. The van der Waals surface area contributed by atoms with Gasteiger partial charge in [-0.15, -0.1) is 0 Å². The summed E-state index contributed by atoms with van der Waals surface area (Å²) in [5, 5.41) is 6.99. The smallest absolute Gasteiger partial charge is 0.257 e. The van der Waals surface area contributed by atoms with Crippen LogP contribution in [0.1, 0.15) is 48.4 Å². The van der Waals surface area contributed by atoms with E-state index in [0.717, 1.165) is 54.7 Å². The predicted octanol–water partition coefficient (Wildman–Crippen LogP) is 2.53. The van der Waals surface area contributed by atoms with E-state index in [1.807, 2.05) is 18.7 Å². The summed E-state index contributed by atoms with van der Waals surface area (Å²) < 4.78 is 0. The zero-order valence-corrected chi connectivity index (χ0v) is 11.8. The van der Waals surface area contributed by atoms with Gasteiger partial charge in [0.25, 0.3) is 5.91 Å². The number of hydrogen-bond acceptors (Lipinski definition) is 2. The van der Waals surface area contributed by atoms with Gasteiger partial charge < -0.3 is 4.90 Å². The Morgan fingerprint density at radius 2 is 1.94 bits per heavy atom. The molecule has 0 atom stereocenters. The summed E-state index contributed by atoms with van der Waals surface area (Å²) in [6.07, 6.45) is 2.25. The number of aromatic nitrogens is 2. The van der Waals surface area contributed by atoms with Crippen LogP contribution < -0.4 is 0 Å². The number of nitrogens with one attached hydrogen (secondary N) is 1. The Hall–Kier alpha value is -1.32. The lowest BCUT2D eigenvalue weighted by atomic mass is 9.86. The molecule has 1 aromatic heterocycles. The molecule has 18 heavy (non-hydrogen) atoms. The predicted molar refractivity (Wildman–Crippen MR) is 71.5 cm³/mol. The van der Waals surface area contributed by atoms with Crippen molar-refractivity contribution in [2.24, 2.45) is 11.8 Å². The van der Waals surface area contributed by atoms with E-state index < -0.39 is 0 Å². The molecular formula is C14H23N3O. The summed E-state index contributed by atoms with van der Waals surface area (Å²) in [6.45, 7) is 10.1. The molecule has 1 amide bonds. The Morgan fingerprint density at radius 1 is 1.33 bits per heavy atom. The zero-order chi connectivity index (χ0) is 13.3. The average molecular weight is 249 g/mol. The van der Waals surface area contributed by atoms with Gasteiger partial charge in [0, 0.05) is 18.8 Å². The molecule has 0 aromatic carbocycles. The second-order valence-electron chi connectivity index (χ2n) is 5.68. The highest BCUT2D eigenvalue weighted by Gasteiger charge is 2.27. The highest BCUT2D eigenvalue weighted by Crippen LogP contribution is 2.26. The minimum absolute atomic E-state index is 0.140. The average Bonchev–Trinajstić information content (AvgIpc) is 2.68. The van der Waals surface area contributed by atoms with Crippen molar-refractivity contribution >= 4 is 5.91 Å². The van der Waals surface area contributed by atoms with Gasteiger partial charge in [-0.2, -0.15) is 5.10 Å². The highest BCUT2D eigenvalue weighted by atomic mass is 16.2. The number of rotatable bonds is 2. The van der Waals surface area contributed by atoms with Crippen LogP contribution in [0.2, 0.25) is 0 Å². The van der Waals surface area contributed by atoms with Crippen molar-refractivity contribution in [2.75, 3.05) is 13.1 Å². The molecule has 0 unspecified atom stereocenters. The summed E-state index contributed by atoms with van der Waals surface area (Å²) in [6, 6.07) is 0. The normalized spacial score (nSPS) is 17.5. The summed E-state index contributed by atoms with van der Waals surface area (Å²) in [5.41, 5.74) is 2.45. The van der Waals surface area contributed by atoms with E-state index in [-0.39, 0.29) is 5.91 Å². The van der Waals surface area contributed by atoms with Crippen LogP contribution in [0.5, 0.6) is 0 Å². The van der Waals surface area contributed by atoms with Gasteiger partial charge in [0.05, 0.1) is 11.3 Å². The molecule has 4 heteroatoms. The fourth-order valence-corrected chi connectivity index (χ4v) is 2.79. The fraction of sp³-hybridized carbons (Fsp3) is 0.714. The van der Waals surface area contributed by atoms with Gasteiger partial charge in [-0.1, -0.05) is 13.8 Å². The maximum atomic E-state index is 12.4. The minimum atomic E-state index is 0.140. The van der Waals surface area contributed by atoms with E-state index in [1.165, 1.54) is 0 Å². The standard InChI is InChI=1S/C14H23N3O/c1-9(2)12-5-7-17(8-6-12)14(18)13-10(3)15-16-11(13)4/h9,12H,5-8H2,1-4H3,(H,15,16). The highest BCUT2D eigenvalue weighted by molar-refractivity contribution is 5.96. The summed E-state index contributed by atoms with van der Waals surface area (Å²) >= 11 is 0. The van der Waals surface area contributed by atoms with Crippen LogP contribution in [0.4, 0.5) is 0 Å². The first-order chi connectivity index (χ1) is 8.50. The van der Waals surface area contributed by atoms with Crippen molar-refractivity contribution < 1.29 is 4.79 Å². The molecule has 0 spiro atoms. The molecule has 0 radical (unpaired) electrons. The fourth-order valence-electron chi connectivity index (χ4n) is 2.79. The van der Waals surface area contributed by atoms with Crippen LogP contribution >= 0.6 is 0 Å². The SMILES string of the molecule is Cc1n[nH]c(C)c1C(=O)N1CCC(C(C)C)CC1. The first-order valence-corrected chi connectivity index (χ1v) is 6.81. The molecule has 1 aromatic rings. The zero-order valence-electron chi connectivity index (χ0n) is 11.8. The Labute approximate surface area is 109 Å². The molecule has 1 aliphatic rings.